The fraction of sp³-hybridized carbons (Fsp3) is 0.900. The molecule has 0 aromatic carbocycles. The number of likely N-dealkylation sites (tertiary alicyclic amines) is 1. The van der Waals surface area contributed by atoms with Crippen molar-refractivity contribution in [2.24, 2.45) is 5.92 Å². The van der Waals surface area contributed by atoms with Crippen LogP contribution in [0.25, 0.3) is 0 Å². The summed E-state index contributed by atoms with van der Waals surface area (Å²) in [4.78, 5) is 39.6. The number of alkyl halides is 1. The fourth-order valence-corrected chi connectivity index (χ4v) is 9.87. The number of carbonyl (C=O) groups excluding carboxylic acids is 1. The van der Waals surface area contributed by atoms with Crippen molar-refractivity contribution in [3.05, 3.63) is 24.7 Å². The number of allylic oxidation sites excluding steroid dienone is 2. The molecule has 0 radical (unpaired) electrons. The molecule has 9 nitrogen and oxygen atoms in total. The summed E-state index contributed by atoms with van der Waals surface area (Å²) >= 11 is 8.20. The zero-order valence-corrected chi connectivity index (χ0v) is 41.5. The van der Waals surface area contributed by atoms with Crippen LogP contribution < -0.4 is 5.32 Å². The summed E-state index contributed by atoms with van der Waals surface area (Å²) in [7, 11) is 1.99. The number of rotatable bonds is 39. The molecule has 0 aromatic heterocycles. The predicted octanol–water partition coefficient (Wildman–Crippen LogP) is 13.5. The van der Waals surface area contributed by atoms with Gasteiger partial charge in [-0.1, -0.05) is 182 Å². The largest absolute Gasteiger partial charge is 0.387 e. The average molecular weight is 902 g/mol. The van der Waals surface area contributed by atoms with Gasteiger partial charge in [0.1, 0.15) is 29.2 Å². The van der Waals surface area contributed by atoms with Crippen molar-refractivity contribution in [3.63, 3.8) is 0 Å². The lowest BCUT2D eigenvalue weighted by Crippen LogP contribution is -2.66. The van der Waals surface area contributed by atoms with Crippen LogP contribution in [0, 0.1) is 5.92 Å². The van der Waals surface area contributed by atoms with Crippen LogP contribution in [0.4, 0.5) is 0 Å². The van der Waals surface area contributed by atoms with Crippen molar-refractivity contribution in [3.8, 4) is 0 Å². The Kier molecular flexibility index (Phi) is 32.5. The summed E-state index contributed by atoms with van der Waals surface area (Å²) in [6.07, 6.45) is 32.6. The van der Waals surface area contributed by atoms with Gasteiger partial charge < -0.3 is 24.9 Å². The normalized spacial score (nSPS) is 24.1. The van der Waals surface area contributed by atoms with Crippen molar-refractivity contribution in [2.45, 2.75) is 261 Å². The highest BCUT2D eigenvalue weighted by atomic mass is 35.5. The van der Waals surface area contributed by atoms with Gasteiger partial charge >= 0.3 is 0 Å². The molecule has 2 fully saturated rings. The first-order valence-corrected chi connectivity index (χ1v) is 26.8. The second kappa shape index (κ2) is 35.3. The summed E-state index contributed by atoms with van der Waals surface area (Å²) in [6, 6.07) is -0.985. The summed E-state index contributed by atoms with van der Waals surface area (Å²) in [5.41, 5.74) is -0.635. The van der Waals surface area contributed by atoms with Crippen LogP contribution in [0.5, 0.6) is 0 Å². The van der Waals surface area contributed by atoms with E-state index in [-0.39, 0.29) is 11.9 Å². The Labute approximate surface area is 383 Å². The van der Waals surface area contributed by atoms with E-state index in [0.29, 0.717) is 30.3 Å². The Morgan fingerprint density at radius 1 is 0.738 bits per heavy atom. The molecule has 0 unspecified atom stereocenters. The number of nitrogens with zero attached hydrogens (tertiary/aromatic N) is 1. The summed E-state index contributed by atoms with van der Waals surface area (Å²) < 4.78 is 6.54. The van der Waals surface area contributed by atoms with E-state index in [1.807, 2.05) is 20.2 Å². The molecule has 61 heavy (non-hydrogen) atoms. The molecular formula is C50H93ClN2O7S. The number of aliphatic hydroxyl groups is 1. The van der Waals surface area contributed by atoms with Gasteiger partial charge in [0, 0.05) is 19.4 Å². The highest BCUT2D eigenvalue weighted by Crippen LogP contribution is 2.35. The van der Waals surface area contributed by atoms with E-state index in [1.54, 1.807) is 0 Å². The lowest BCUT2D eigenvalue weighted by molar-refractivity contribution is -0.405. The van der Waals surface area contributed by atoms with Crippen LogP contribution in [0.15, 0.2) is 24.7 Å². The highest BCUT2D eigenvalue weighted by molar-refractivity contribution is 7.99. The second-order valence-corrected chi connectivity index (χ2v) is 20.0. The summed E-state index contributed by atoms with van der Waals surface area (Å²) in [5, 5.41) is 14.6. The van der Waals surface area contributed by atoms with E-state index < -0.39 is 41.3 Å². The molecular weight excluding hydrogens is 808 g/mol. The Hall–Kier alpha value is -1.01. The van der Waals surface area contributed by atoms with Crippen molar-refractivity contribution in [2.75, 3.05) is 19.8 Å². The summed E-state index contributed by atoms with van der Waals surface area (Å²) in [6.45, 7) is 17.7. The third-order valence-electron chi connectivity index (χ3n) is 12.8. The lowest BCUT2D eigenvalue weighted by Gasteiger charge is -2.45. The zero-order chi connectivity index (χ0) is 44.7. The Morgan fingerprint density at radius 3 is 1.57 bits per heavy atom. The predicted molar refractivity (Wildman–Crippen MR) is 256 cm³/mol. The fourth-order valence-electron chi connectivity index (χ4n) is 8.95. The average Bonchev–Trinajstić information content (AvgIpc) is 3.62. The minimum atomic E-state index is -1.28. The van der Waals surface area contributed by atoms with Gasteiger partial charge in [-0.3, -0.25) is 9.69 Å². The Morgan fingerprint density at radius 2 is 1.16 bits per heavy atom. The van der Waals surface area contributed by atoms with Gasteiger partial charge in [0.05, 0.1) is 17.5 Å². The number of unbranched alkanes of at least 4 members (excludes halogenated alkanes) is 22. The molecule has 2 saturated heterocycles. The molecule has 11 heteroatoms. The molecule has 2 N–H and O–H groups in total. The van der Waals surface area contributed by atoms with Gasteiger partial charge in [0.15, 0.2) is 12.2 Å². The quantitative estimate of drug-likeness (QED) is 0.0205. The molecule has 2 aliphatic rings. The van der Waals surface area contributed by atoms with Gasteiger partial charge in [-0.25, -0.2) is 0 Å². The Bertz CT molecular complexity index is 1130. The molecule has 2 aliphatic heterocycles. The van der Waals surface area contributed by atoms with E-state index >= 15 is 0 Å². The van der Waals surface area contributed by atoms with E-state index in [4.69, 9.17) is 35.9 Å². The molecule has 0 spiro atoms. The van der Waals surface area contributed by atoms with Crippen molar-refractivity contribution < 1.29 is 34.2 Å². The first-order valence-electron chi connectivity index (χ1n) is 25.1. The molecule has 2 heterocycles. The van der Waals surface area contributed by atoms with Crippen LogP contribution in [0.1, 0.15) is 214 Å². The maximum absolute atomic E-state index is 13.8. The van der Waals surface area contributed by atoms with Crippen molar-refractivity contribution in [1.29, 1.82) is 0 Å². The van der Waals surface area contributed by atoms with E-state index in [0.717, 1.165) is 51.5 Å². The number of carbonyl (C=O) groups is 1. The van der Waals surface area contributed by atoms with Crippen LogP contribution in [-0.4, -0.2) is 83.1 Å². The highest BCUT2D eigenvalue weighted by Gasteiger charge is 2.53. The topological polar surface area (TPSA) is 98.7 Å². The van der Waals surface area contributed by atoms with Gasteiger partial charge in [-0.2, -0.15) is 9.78 Å². The third-order valence-corrected chi connectivity index (χ3v) is 13.9. The number of amides is 1. The van der Waals surface area contributed by atoms with Crippen LogP contribution in [0.3, 0.4) is 0 Å². The molecule has 1 amide bonds. The molecule has 0 aliphatic carbocycles. The molecule has 358 valence electrons. The number of halogens is 1. The minimum Gasteiger partial charge on any atom is -0.387 e. The van der Waals surface area contributed by atoms with Gasteiger partial charge in [-0.05, 0) is 51.8 Å². The number of ether oxygens (including phenoxy) is 1. The molecule has 0 aromatic rings. The summed E-state index contributed by atoms with van der Waals surface area (Å²) in [5.74, 6) is 1.36. The maximum Gasteiger partial charge on any atom is 0.237 e. The zero-order valence-electron chi connectivity index (χ0n) is 40.0. The van der Waals surface area contributed by atoms with Gasteiger partial charge in [0.25, 0.3) is 0 Å². The smallest absolute Gasteiger partial charge is 0.237 e. The van der Waals surface area contributed by atoms with E-state index in [2.05, 4.69) is 44.1 Å². The molecule has 2 rings (SSSR count). The van der Waals surface area contributed by atoms with Crippen LogP contribution in [0.2, 0.25) is 0 Å². The number of likely N-dealkylation sites (N-methyl/N-ethyl adjacent to an activating group) is 1. The monoisotopic (exact) mass is 901 g/mol. The molecule has 0 saturated carbocycles. The third kappa shape index (κ3) is 23.7. The van der Waals surface area contributed by atoms with Crippen molar-refractivity contribution in [1.82, 2.24) is 10.2 Å². The van der Waals surface area contributed by atoms with E-state index in [9.17, 15) is 9.90 Å². The molecule has 9 atom stereocenters. The van der Waals surface area contributed by atoms with Gasteiger partial charge in [0.2, 0.25) is 5.91 Å². The first-order chi connectivity index (χ1) is 29.6. The van der Waals surface area contributed by atoms with Crippen molar-refractivity contribution >= 4 is 29.3 Å². The SMILES string of the molecule is C=C(CCCCCCCCCCCCCC)OO[C@@H]1[C@@H](OOC(=C)CCCCCCCCCCCCCC)[C@@H](O)[C@@H]([C@H](NC(=O)[C@@H]2C[C@@H](CCC)CN2C)[C@H](C)Cl)O[C@@H]1SC. The second-order valence-electron chi connectivity index (χ2n) is 18.4. The standard InChI is InChI=1S/C50H93ClN2O7S/c1-9-12-14-16-18-20-22-24-26-28-30-32-35-39(4)57-59-47-45(54)46(44(41(6)51)52-49(55)43-37-42(34-11-3)38-53(43)7)56-50(61-8)48(47)60-58-40(5)36-33-31-29-27-25-23-21-19-17-15-13-10-2/h41-48,50,54H,4-5,9-38H2,1-3,6-8H3,(H,52,55)/t41-,42+,43-,44+,45-,46+,47-,48+,50+/m0/s1. The number of aliphatic hydroxyl groups excluding tert-OH is 1. The number of hydrogen-bond donors (Lipinski definition) is 2. The Balaban J connectivity index is 1.97. The number of hydrogen-bond acceptors (Lipinski definition) is 9. The molecule has 0 bridgehead atoms. The van der Waals surface area contributed by atoms with Crippen LogP contribution in [-0.2, 0) is 29.1 Å². The lowest BCUT2D eigenvalue weighted by atomic mass is 9.92. The maximum atomic E-state index is 13.8. The first kappa shape index (κ1) is 56.1. The number of nitrogens with one attached hydrogen (secondary N) is 1. The minimum absolute atomic E-state index is 0.115. The number of thioether (sulfide) groups is 1. The van der Waals surface area contributed by atoms with Gasteiger partial charge in [-0.15, -0.1) is 23.4 Å². The van der Waals surface area contributed by atoms with Crippen LogP contribution >= 0.6 is 23.4 Å². The van der Waals surface area contributed by atoms with E-state index in [1.165, 1.54) is 140 Å².